The topological polar surface area (TPSA) is 44.7 Å². The van der Waals surface area contributed by atoms with Gasteiger partial charge in [-0.2, -0.15) is 0 Å². The van der Waals surface area contributed by atoms with Gasteiger partial charge in [0.25, 0.3) is 0 Å². The third kappa shape index (κ3) is 4.01. The summed E-state index contributed by atoms with van der Waals surface area (Å²) in [4.78, 5) is 2.28. The van der Waals surface area contributed by atoms with E-state index in [1.54, 1.807) is 0 Å². The lowest BCUT2D eigenvalue weighted by Crippen LogP contribution is -2.43. The third-order valence-electron chi connectivity index (χ3n) is 3.53. The van der Waals surface area contributed by atoms with Crippen molar-refractivity contribution in [3.05, 3.63) is 0 Å². The predicted octanol–water partition coefficient (Wildman–Crippen LogP) is 0.210. The van der Waals surface area contributed by atoms with Crippen LogP contribution in [0.15, 0.2) is 0 Å². The normalized spacial score (nSPS) is 24.9. The van der Waals surface area contributed by atoms with Crippen LogP contribution in [-0.4, -0.2) is 61.5 Å². The molecule has 1 aliphatic carbocycles. The van der Waals surface area contributed by atoms with Gasteiger partial charge in [-0.1, -0.05) is 0 Å². The van der Waals surface area contributed by atoms with E-state index < -0.39 is 0 Å². The average molecular weight is 228 g/mol. The van der Waals surface area contributed by atoms with Gasteiger partial charge >= 0.3 is 0 Å². The summed E-state index contributed by atoms with van der Waals surface area (Å²) in [6, 6.07) is 1.27. The van der Waals surface area contributed by atoms with E-state index >= 15 is 0 Å². The molecule has 2 N–H and O–H groups in total. The molecule has 1 aliphatic heterocycles. The molecule has 4 heteroatoms. The molecular formula is C12H24N2O2. The van der Waals surface area contributed by atoms with Crippen LogP contribution in [0.3, 0.4) is 0 Å². The van der Waals surface area contributed by atoms with Crippen LogP contribution in [0.5, 0.6) is 0 Å². The van der Waals surface area contributed by atoms with Crippen LogP contribution in [0.1, 0.15) is 25.7 Å². The average Bonchev–Trinajstić information content (AvgIpc) is 3.11. The van der Waals surface area contributed by atoms with E-state index in [-0.39, 0.29) is 6.10 Å². The van der Waals surface area contributed by atoms with Crippen LogP contribution >= 0.6 is 0 Å². The van der Waals surface area contributed by atoms with E-state index in [9.17, 15) is 5.11 Å². The Labute approximate surface area is 98.0 Å². The van der Waals surface area contributed by atoms with Gasteiger partial charge in [0, 0.05) is 38.4 Å². The lowest BCUT2D eigenvalue weighted by Gasteiger charge is -2.32. The van der Waals surface area contributed by atoms with Crippen molar-refractivity contribution in [1.29, 1.82) is 0 Å². The summed E-state index contributed by atoms with van der Waals surface area (Å²) < 4.78 is 5.34. The van der Waals surface area contributed by atoms with Gasteiger partial charge in [0.1, 0.15) is 0 Å². The predicted molar refractivity (Wildman–Crippen MR) is 63.5 cm³/mol. The van der Waals surface area contributed by atoms with Crippen molar-refractivity contribution in [2.24, 2.45) is 0 Å². The molecule has 2 fully saturated rings. The molecule has 0 aromatic heterocycles. The molecule has 16 heavy (non-hydrogen) atoms. The SMILES string of the molecule is CN(CC(O)CNC1CC1)C1CCOCC1. The second-order valence-electron chi connectivity index (χ2n) is 5.12. The minimum Gasteiger partial charge on any atom is -0.390 e. The second-order valence-corrected chi connectivity index (χ2v) is 5.12. The fraction of sp³-hybridized carbons (Fsp3) is 1.00. The van der Waals surface area contributed by atoms with Crippen LogP contribution in [0.2, 0.25) is 0 Å². The van der Waals surface area contributed by atoms with Gasteiger partial charge in [0.15, 0.2) is 0 Å². The Morgan fingerprint density at radius 3 is 2.62 bits per heavy atom. The van der Waals surface area contributed by atoms with Crippen molar-refractivity contribution < 1.29 is 9.84 Å². The van der Waals surface area contributed by atoms with E-state index in [1.807, 2.05) is 0 Å². The quantitative estimate of drug-likeness (QED) is 0.682. The summed E-state index contributed by atoms with van der Waals surface area (Å²) in [5.74, 6) is 0. The van der Waals surface area contributed by atoms with Gasteiger partial charge in [-0.3, -0.25) is 0 Å². The minimum atomic E-state index is -0.242. The minimum absolute atomic E-state index is 0.242. The molecule has 2 aliphatic rings. The number of aliphatic hydroxyl groups excluding tert-OH is 1. The smallest absolute Gasteiger partial charge is 0.0791 e. The first-order valence-electron chi connectivity index (χ1n) is 6.45. The standard InChI is InChI=1S/C12H24N2O2/c1-14(11-4-6-16-7-5-11)9-12(15)8-13-10-2-3-10/h10-13,15H,2-9H2,1H3. The summed E-state index contributed by atoms with van der Waals surface area (Å²) in [5, 5.41) is 13.3. The zero-order valence-electron chi connectivity index (χ0n) is 10.2. The van der Waals surface area contributed by atoms with E-state index in [4.69, 9.17) is 4.74 Å². The first-order chi connectivity index (χ1) is 7.75. The van der Waals surface area contributed by atoms with Gasteiger partial charge in [-0.05, 0) is 32.7 Å². The number of rotatable bonds is 6. The van der Waals surface area contributed by atoms with Crippen LogP contribution in [0, 0.1) is 0 Å². The van der Waals surface area contributed by atoms with Crippen molar-refractivity contribution in [2.45, 2.75) is 43.9 Å². The molecule has 94 valence electrons. The summed E-state index contributed by atoms with van der Waals surface area (Å²) in [5.41, 5.74) is 0. The number of aliphatic hydroxyl groups is 1. The maximum absolute atomic E-state index is 9.89. The Kier molecular flexibility index (Phi) is 4.58. The molecule has 0 aromatic rings. The number of likely N-dealkylation sites (N-methyl/N-ethyl adjacent to an activating group) is 1. The maximum atomic E-state index is 9.89. The Bertz CT molecular complexity index is 203. The largest absolute Gasteiger partial charge is 0.390 e. The zero-order chi connectivity index (χ0) is 11.4. The summed E-state index contributed by atoms with van der Waals surface area (Å²) in [6.45, 7) is 3.24. The maximum Gasteiger partial charge on any atom is 0.0791 e. The molecular weight excluding hydrogens is 204 g/mol. The van der Waals surface area contributed by atoms with Gasteiger partial charge in [-0.25, -0.2) is 0 Å². The zero-order valence-corrected chi connectivity index (χ0v) is 10.2. The summed E-state index contributed by atoms with van der Waals surface area (Å²) >= 11 is 0. The molecule has 1 atom stereocenters. The first kappa shape index (κ1) is 12.3. The van der Waals surface area contributed by atoms with Gasteiger partial charge in [0.05, 0.1) is 6.10 Å². The van der Waals surface area contributed by atoms with Gasteiger partial charge < -0.3 is 20.1 Å². The van der Waals surface area contributed by atoms with Crippen LogP contribution in [0.4, 0.5) is 0 Å². The van der Waals surface area contributed by atoms with Gasteiger partial charge in [0.2, 0.25) is 0 Å². The van der Waals surface area contributed by atoms with E-state index in [0.717, 1.165) is 39.1 Å². The fourth-order valence-corrected chi connectivity index (χ4v) is 2.26. The molecule has 1 unspecified atom stereocenters. The molecule has 0 spiro atoms. The molecule has 1 heterocycles. The number of nitrogens with zero attached hydrogens (tertiary/aromatic N) is 1. The van der Waals surface area contributed by atoms with Crippen LogP contribution in [-0.2, 0) is 4.74 Å². The highest BCUT2D eigenvalue weighted by atomic mass is 16.5. The highest BCUT2D eigenvalue weighted by Gasteiger charge is 2.23. The third-order valence-corrected chi connectivity index (χ3v) is 3.53. The molecule has 1 saturated heterocycles. The lowest BCUT2D eigenvalue weighted by molar-refractivity contribution is 0.0256. The molecule has 2 rings (SSSR count). The molecule has 1 saturated carbocycles. The fourth-order valence-electron chi connectivity index (χ4n) is 2.26. The molecule has 0 bridgehead atoms. The van der Waals surface area contributed by atoms with Crippen molar-refractivity contribution in [3.8, 4) is 0 Å². The Morgan fingerprint density at radius 1 is 1.31 bits per heavy atom. The van der Waals surface area contributed by atoms with Crippen molar-refractivity contribution in [2.75, 3.05) is 33.4 Å². The highest BCUT2D eigenvalue weighted by molar-refractivity contribution is 4.82. The van der Waals surface area contributed by atoms with Crippen LogP contribution < -0.4 is 5.32 Å². The lowest BCUT2D eigenvalue weighted by atomic mass is 10.1. The number of nitrogens with one attached hydrogen (secondary N) is 1. The number of hydrogen-bond donors (Lipinski definition) is 2. The molecule has 0 radical (unpaired) electrons. The molecule has 0 aromatic carbocycles. The Morgan fingerprint density at radius 2 is 2.00 bits per heavy atom. The monoisotopic (exact) mass is 228 g/mol. The van der Waals surface area contributed by atoms with Crippen molar-refractivity contribution >= 4 is 0 Å². The number of ether oxygens (including phenoxy) is 1. The van der Waals surface area contributed by atoms with E-state index in [0.29, 0.717) is 12.1 Å². The van der Waals surface area contributed by atoms with Crippen LogP contribution in [0.25, 0.3) is 0 Å². The summed E-state index contributed by atoms with van der Waals surface area (Å²) in [7, 11) is 2.11. The number of hydrogen-bond acceptors (Lipinski definition) is 4. The highest BCUT2D eigenvalue weighted by Crippen LogP contribution is 2.18. The van der Waals surface area contributed by atoms with Crippen molar-refractivity contribution in [3.63, 3.8) is 0 Å². The summed E-state index contributed by atoms with van der Waals surface area (Å²) in [6.07, 6.45) is 4.51. The Balaban J connectivity index is 1.61. The molecule has 0 amide bonds. The molecule has 4 nitrogen and oxygen atoms in total. The van der Waals surface area contributed by atoms with Crippen molar-refractivity contribution in [1.82, 2.24) is 10.2 Å². The van der Waals surface area contributed by atoms with E-state index in [2.05, 4.69) is 17.3 Å². The van der Waals surface area contributed by atoms with E-state index in [1.165, 1.54) is 12.8 Å². The Hall–Kier alpha value is -0.160. The van der Waals surface area contributed by atoms with Gasteiger partial charge in [-0.15, -0.1) is 0 Å². The second kappa shape index (κ2) is 5.96. The first-order valence-corrected chi connectivity index (χ1v) is 6.45.